The number of halogens is 2. The molecule has 21 heavy (non-hydrogen) atoms. The van der Waals surface area contributed by atoms with E-state index in [0.29, 0.717) is 22.9 Å². The van der Waals surface area contributed by atoms with E-state index in [1.54, 1.807) is 18.2 Å². The fourth-order valence-corrected chi connectivity index (χ4v) is 2.15. The van der Waals surface area contributed by atoms with Gasteiger partial charge in [0, 0.05) is 0 Å². The van der Waals surface area contributed by atoms with Crippen LogP contribution in [0.25, 0.3) is 0 Å². The zero-order valence-electron chi connectivity index (χ0n) is 11.3. The minimum absolute atomic E-state index is 0.000454. The summed E-state index contributed by atoms with van der Waals surface area (Å²) in [6.07, 6.45) is 0.753. The first-order chi connectivity index (χ1) is 10.1. The number of ether oxygens (including phenoxy) is 1. The van der Waals surface area contributed by atoms with Crippen LogP contribution in [0.5, 0.6) is 5.75 Å². The largest absolute Gasteiger partial charge is 0.487 e. The number of hydrogen-bond acceptors (Lipinski definition) is 3. The Balaban J connectivity index is 2.08. The summed E-state index contributed by atoms with van der Waals surface area (Å²) < 4.78 is 18.8. The van der Waals surface area contributed by atoms with Gasteiger partial charge in [-0.05, 0) is 48.4 Å². The first kappa shape index (κ1) is 15.3. The third kappa shape index (κ3) is 3.94. The lowest BCUT2D eigenvalue weighted by Crippen LogP contribution is -2.03. The van der Waals surface area contributed by atoms with Crippen molar-refractivity contribution >= 4 is 11.6 Å². The molecule has 0 atom stereocenters. The number of hydrogen-bond donors (Lipinski definition) is 1. The van der Waals surface area contributed by atoms with Gasteiger partial charge in [-0.3, -0.25) is 0 Å². The Hall–Kier alpha value is -2.09. The second kappa shape index (κ2) is 7.07. The van der Waals surface area contributed by atoms with Crippen molar-refractivity contribution in [3.63, 3.8) is 0 Å². The Morgan fingerprint density at radius 1 is 1.19 bits per heavy atom. The van der Waals surface area contributed by atoms with Crippen molar-refractivity contribution in [1.82, 2.24) is 0 Å². The molecule has 0 unspecified atom stereocenters. The van der Waals surface area contributed by atoms with E-state index in [9.17, 15) is 4.39 Å². The van der Waals surface area contributed by atoms with Crippen LogP contribution in [-0.2, 0) is 13.0 Å². The number of nitrogens with two attached hydrogens (primary N) is 1. The van der Waals surface area contributed by atoms with E-state index in [-0.39, 0.29) is 12.2 Å². The van der Waals surface area contributed by atoms with E-state index in [4.69, 9.17) is 27.3 Å². The molecular weight excluding hydrogens is 291 g/mol. The quantitative estimate of drug-likeness (QED) is 0.920. The van der Waals surface area contributed by atoms with Crippen LogP contribution in [0.1, 0.15) is 16.7 Å². The normalized spacial score (nSPS) is 10.2. The van der Waals surface area contributed by atoms with Crippen LogP contribution in [0.3, 0.4) is 0 Å². The van der Waals surface area contributed by atoms with E-state index >= 15 is 0 Å². The molecule has 0 fully saturated rings. The lowest BCUT2D eigenvalue weighted by Gasteiger charge is -2.10. The van der Waals surface area contributed by atoms with Crippen LogP contribution in [-0.4, -0.2) is 6.54 Å². The van der Waals surface area contributed by atoms with Gasteiger partial charge < -0.3 is 10.5 Å². The van der Waals surface area contributed by atoms with Crippen LogP contribution < -0.4 is 10.5 Å². The summed E-state index contributed by atoms with van der Waals surface area (Å²) in [5.41, 5.74) is 7.24. The van der Waals surface area contributed by atoms with Crippen molar-refractivity contribution in [2.45, 2.75) is 13.0 Å². The van der Waals surface area contributed by atoms with Crippen LogP contribution in [0, 0.1) is 17.1 Å². The molecule has 5 heteroatoms. The summed E-state index contributed by atoms with van der Waals surface area (Å²) in [6, 6.07) is 11.6. The molecule has 3 nitrogen and oxygen atoms in total. The van der Waals surface area contributed by atoms with Gasteiger partial charge in [0.2, 0.25) is 0 Å². The van der Waals surface area contributed by atoms with Crippen LogP contribution in [0.2, 0.25) is 5.02 Å². The molecular formula is C16H14ClFN2O. The highest BCUT2D eigenvalue weighted by Gasteiger charge is 2.06. The fourth-order valence-electron chi connectivity index (χ4n) is 1.89. The van der Waals surface area contributed by atoms with E-state index in [0.717, 1.165) is 12.0 Å². The average Bonchev–Trinajstić information content (AvgIpc) is 2.48. The molecule has 0 amide bonds. The predicted molar refractivity (Wildman–Crippen MR) is 79.7 cm³/mol. The van der Waals surface area contributed by atoms with Gasteiger partial charge in [0.05, 0.1) is 10.6 Å². The SMILES string of the molecule is N#Cc1cc(COc2ccc(CCN)cc2Cl)ccc1F. The molecule has 0 aliphatic carbocycles. The summed E-state index contributed by atoms with van der Waals surface area (Å²) in [7, 11) is 0. The van der Waals surface area contributed by atoms with Gasteiger partial charge in [-0.1, -0.05) is 23.7 Å². The molecule has 0 saturated heterocycles. The van der Waals surface area contributed by atoms with Gasteiger partial charge >= 0.3 is 0 Å². The molecule has 2 aromatic rings. The highest BCUT2D eigenvalue weighted by atomic mass is 35.5. The molecule has 0 spiro atoms. The minimum Gasteiger partial charge on any atom is -0.487 e. The Morgan fingerprint density at radius 2 is 1.95 bits per heavy atom. The molecule has 2 N–H and O–H groups in total. The number of nitrogens with zero attached hydrogens (tertiary/aromatic N) is 1. The van der Waals surface area contributed by atoms with E-state index in [2.05, 4.69) is 0 Å². The predicted octanol–water partition coefficient (Wildman–Crippen LogP) is 3.43. The third-order valence-corrected chi connectivity index (χ3v) is 3.27. The first-order valence-electron chi connectivity index (χ1n) is 6.44. The second-order valence-corrected chi connectivity index (χ2v) is 4.93. The number of benzene rings is 2. The lowest BCUT2D eigenvalue weighted by atomic mass is 10.1. The summed E-state index contributed by atoms with van der Waals surface area (Å²) in [5, 5.41) is 9.29. The van der Waals surface area contributed by atoms with Gasteiger partial charge in [0.25, 0.3) is 0 Å². The minimum atomic E-state index is -0.537. The van der Waals surface area contributed by atoms with Gasteiger partial charge in [-0.2, -0.15) is 5.26 Å². The van der Waals surface area contributed by atoms with Gasteiger partial charge in [0.15, 0.2) is 0 Å². The van der Waals surface area contributed by atoms with Crippen LogP contribution in [0.4, 0.5) is 4.39 Å². The molecule has 0 aliphatic rings. The lowest BCUT2D eigenvalue weighted by molar-refractivity contribution is 0.306. The molecule has 0 saturated carbocycles. The first-order valence-corrected chi connectivity index (χ1v) is 6.81. The molecule has 2 rings (SSSR count). The molecule has 0 aliphatic heterocycles. The Kier molecular flexibility index (Phi) is 5.15. The Morgan fingerprint density at radius 3 is 2.62 bits per heavy atom. The van der Waals surface area contributed by atoms with Crippen molar-refractivity contribution in [1.29, 1.82) is 5.26 Å². The van der Waals surface area contributed by atoms with Crippen molar-refractivity contribution < 1.29 is 9.13 Å². The summed E-state index contributed by atoms with van der Waals surface area (Å²) in [5.74, 6) is 0.00527. The van der Waals surface area contributed by atoms with E-state index in [1.807, 2.05) is 12.1 Å². The zero-order valence-corrected chi connectivity index (χ0v) is 12.0. The fraction of sp³-hybridized carbons (Fsp3) is 0.188. The highest BCUT2D eigenvalue weighted by molar-refractivity contribution is 6.32. The van der Waals surface area contributed by atoms with Crippen LogP contribution in [0.15, 0.2) is 36.4 Å². The smallest absolute Gasteiger partial charge is 0.140 e. The van der Waals surface area contributed by atoms with E-state index < -0.39 is 5.82 Å². The Bertz CT molecular complexity index is 682. The molecule has 0 bridgehead atoms. The zero-order chi connectivity index (χ0) is 15.2. The monoisotopic (exact) mass is 304 g/mol. The Labute approximate surface area is 127 Å². The topological polar surface area (TPSA) is 59.0 Å². The molecule has 0 heterocycles. The molecule has 0 radical (unpaired) electrons. The number of nitriles is 1. The van der Waals surface area contributed by atoms with Crippen molar-refractivity contribution in [2.24, 2.45) is 5.73 Å². The summed E-state index contributed by atoms with van der Waals surface area (Å²) in [6.45, 7) is 0.772. The van der Waals surface area contributed by atoms with Gasteiger partial charge in [-0.25, -0.2) is 4.39 Å². The summed E-state index contributed by atoms with van der Waals surface area (Å²) in [4.78, 5) is 0. The van der Waals surface area contributed by atoms with Crippen molar-refractivity contribution in [3.8, 4) is 11.8 Å². The van der Waals surface area contributed by atoms with E-state index in [1.165, 1.54) is 12.1 Å². The summed E-state index contributed by atoms with van der Waals surface area (Å²) >= 11 is 6.14. The van der Waals surface area contributed by atoms with Gasteiger partial charge in [-0.15, -0.1) is 0 Å². The number of rotatable bonds is 5. The molecule has 0 aromatic heterocycles. The molecule has 2 aromatic carbocycles. The third-order valence-electron chi connectivity index (χ3n) is 2.97. The molecule has 108 valence electrons. The van der Waals surface area contributed by atoms with Crippen molar-refractivity contribution in [3.05, 3.63) is 63.9 Å². The van der Waals surface area contributed by atoms with Crippen molar-refractivity contribution in [2.75, 3.05) is 6.54 Å². The maximum atomic E-state index is 13.2. The second-order valence-electron chi connectivity index (χ2n) is 4.52. The maximum absolute atomic E-state index is 13.2. The maximum Gasteiger partial charge on any atom is 0.140 e. The highest BCUT2D eigenvalue weighted by Crippen LogP contribution is 2.26. The van der Waals surface area contributed by atoms with Gasteiger partial charge in [0.1, 0.15) is 24.2 Å². The standard InChI is InChI=1S/C16H14ClFN2O/c17-14-8-11(5-6-19)2-4-16(14)21-10-12-1-3-15(18)13(7-12)9-20/h1-4,7-8H,5-6,10,19H2. The van der Waals surface area contributed by atoms with Crippen LogP contribution >= 0.6 is 11.6 Å². The average molecular weight is 305 g/mol.